The molecule has 29 heavy (non-hydrogen) atoms. The molecule has 0 unspecified atom stereocenters. The van der Waals surface area contributed by atoms with Crippen LogP contribution >= 0.6 is 0 Å². The molecule has 5 nitrogen and oxygen atoms in total. The zero-order valence-corrected chi connectivity index (χ0v) is 16.0. The lowest BCUT2D eigenvalue weighted by Crippen LogP contribution is -2.25. The van der Waals surface area contributed by atoms with Crippen LogP contribution in [0.4, 0.5) is 18.9 Å². The molecule has 156 valence electrons. The minimum Gasteiger partial charge on any atom is -0.382 e. The van der Waals surface area contributed by atoms with E-state index in [4.69, 9.17) is 4.74 Å². The monoisotopic (exact) mass is 408 g/mol. The van der Waals surface area contributed by atoms with Crippen LogP contribution in [-0.4, -0.2) is 31.6 Å². The van der Waals surface area contributed by atoms with Crippen LogP contribution in [0, 0.1) is 0 Å². The van der Waals surface area contributed by atoms with E-state index < -0.39 is 11.7 Å². The average Bonchev–Trinajstić information content (AvgIpc) is 2.67. The lowest BCUT2D eigenvalue weighted by Gasteiger charge is -2.10. The Bertz CT molecular complexity index is 821. The summed E-state index contributed by atoms with van der Waals surface area (Å²) in [4.78, 5) is 24.3. The largest absolute Gasteiger partial charge is 0.416 e. The van der Waals surface area contributed by atoms with Crippen LogP contribution < -0.4 is 10.6 Å². The van der Waals surface area contributed by atoms with Crippen molar-refractivity contribution in [3.8, 4) is 0 Å². The predicted octanol–water partition coefficient (Wildman–Crippen LogP) is 4.04. The molecule has 0 atom stereocenters. The molecule has 2 rings (SSSR count). The van der Waals surface area contributed by atoms with Gasteiger partial charge >= 0.3 is 6.18 Å². The summed E-state index contributed by atoms with van der Waals surface area (Å²) in [6.07, 6.45) is -3.79. The summed E-state index contributed by atoms with van der Waals surface area (Å²) >= 11 is 0. The highest BCUT2D eigenvalue weighted by atomic mass is 19.4. The Hall–Kier alpha value is -2.87. The van der Waals surface area contributed by atoms with Gasteiger partial charge in [-0.25, -0.2) is 0 Å². The maximum atomic E-state index is 12.6. The minimum atomic E-state index is -4.41. The minimum absolute atomic E-state index is 0.0774. The van der Waals surface area contributed by atoms with E-state index in [9.17, 15) is 22.8 Å². The molecule has 0 heterocycles. The second kappa shape index (κ2) is 10.6. The fourth-order valence-corrected chi connectivity index (χ4v) is 2.56. The van der Waals surface area contributed by atoms with Gasteiger partial charge in [-0.15, -0.1) is 0 Å². The molecule has 0 aliphatic rings. The van der Waals surface area contributed by atoms with E-state index in [1.807, 2.05) is 6.92 Å². The van der Waals surface area contributed by atoms with E-state index in [2.05, 4.69) is 10.6 Å². The normalized spacial score (nSPS) is 11.2. The first kappa shape index (κ1) is 22.4. The summed E-state index contributed by atoms with van der Waals surface area (Å²) in [6, 6.07) is 10.9. The number of hydrogen-bond donors (Lipinski definition) is 2. The number of amides is 2. The molecule has 0 aliphatic heterocycles. The van der Waals surface area contributed by atoms with Crippen molar-refractivity contribution in [1.29, 1.82) is 0 Å². The van der Waals surface area contributed by atoms with E-state index in [0.29, 0.717) is 43.0 Å². The van der Waals surface area contributed by atoms with Gasteiger partial charge in [-0.3, -0.25) is 9.59 Å². The molecule has 0 spiro atoms. The van der Waals surface area contributed by atoms with Crippen LogP contribution in [0.15, 0.2) is 48.5 Å². The number of nitrogens with one attached hydrogen (secondary N) is 2. The third-order valence-corrected chi connectivity index (χ3v) is 4.01. The molecule has 0 bridgehead atoms. The van der Waals surface area contributed by atoms with Gasteiger partial charge in [0.05, 0.1) is 12.0 Å². The Morgan fingerprint density at radius 2 is 1.79 bits per heavy atom. The first-order valence-corrected chi connectivity index (χ1v) is 9.21. The van der Waals surface area contributed by atoms with E-state index in [1.54, 1.807) is 24.3 Å². The van der Waals surface area contributed by atoms with Gasteiger partial charge in [0.1, 0.15) is 0 Å². The standard InChI is InChI=1S/C21H23F3N2O3/c1-2-29-12-4-11-25-20(28)16-5-3-6-18(14-16)26-19(27)13-15-7-9-17(10-8-15)21(22,23)24/h3,5-10,14H,2,4,11-13H2,1H3,(H,25,28)(H,26,27). The number of benzene rings is 2. The van der Waals surface area contributed by atoms with Gasteiger partial charge in [0, 0.05) is 31.0 Å². The van der Waals surface area contributed by atoms with Crippen molar-refractivity contribution >= 4 is 17.5 Å². The van der Waals surface area contributed by atoms with Crippen molar-refractivity contribution in [2.24, 2.45) is 0 Å². The highest BCUT2D eigenvalue weighted by Gasteiger charge is 2.29. The Balaban J connectivity index is 1.89. The van der Waals surface area contributed by atoms with E-state index in [0.717, 1.165) is 12.1 Å². The van der Waals surface area contributed by atoms with Crippen molar-refractivity contribution < 1.29 is 27.5 Å². The summed E-state index contributed by atoms with van der Waals surface area (Å²) in [6.45, 7) is 3.57. The number of anilines is 1. The number of carbonyl (C=O) groups is 2. The number of alkyl halides is 3. The number of ether oxygens (including phenoxy) is 1. The molecule has 8 heteroatoms. The molecule has 2 amide bonds. The topological polar surface area (TPSA) is 67.4 Å². The predicted molar refractivity (Wildman–Crippen MR) is 104 cm³/mol. The first-order valence-electron chi connectivity index (χ1n) is 9.21. The van der Waals surface area contributed by atoms with Crippen molar-refractivity contribution in [2.75, 3.05) is 25.1 Å². The quantitative estimate of drug-likeness (QED) is 0.616. The Labute approximate surface area is 167 Å². The van der Waals surface area contributed by atoms with Crippen molar-refractivity contribution in [2.45, 2.75) is 25.9 Å². The Morgan fingerprint density at radius 1 is 1.07 bits per heavy atom. The lowest BCUT2D eigenvalue weighted by molar-refractivity contribution is -0.137. The molecular formula is C21H23F3N2O3. The maximum absolute atomic E-state index is 12.6. The van der Waals surface area contributed by atoms with Crippen LogP contribution in [0.3, 0.4) is 0 Å². The molecule has 0 saturated carbocycles. The third kappa shape index (κ3) is 7.57. The fourth-order valence-electron chi connectivity index (χ4n) is 2.56. The molecule has 0 aliphatic carbocycles. The maximum Gasteiger partial charge on any atom is 0.416 e. The Kier molecular flexibility index (Phi) is 8.21. The smallest absolute Gasteiger partial charge is 0.382 e. The highest BCUT2D eigenvalue weighted by molar-refractivity contribution is 5.97. The second-order valence-corrected chi connectivity index (χ2v) is 6.31. The van der Waals surface area contributed by atoms with Gasteiger partial charge < -0.3 is 15.4 Å². The average molecular weight is 408 g/mol. The van der Waals surface area contributed by atoms with Gasteiger partial charge in [0.2, 0.25) is 5.91 Å². The van der Waals surface area contributed by atoms with Gasteiger partial charge in [0.25, 0.3) is 5.91 Å². The Morgan fingerprint density at radius 3 is 2.45 bits per heavy atom. The number of hydrogen-bond acceptors (Lipinski definition) is 3. The van der Waals surface area contributed by atoms with Crippen molar-refractivity contribution in [1.82, 2.24) is 5.32 Å². The van der Waals surface area contributed by atoms with E-state index >= 15 is 0 Å². The first-order chi connectivity index (χ1) is 13.8. The molecule has 2 aromatic carbocycles. The zero-order chi connectivity index (χ0) is 21.3. The SMILES string of the molecule is CCOCCCNC(=O)c1cccc(NC(=O)Cc2ccc(C(F)(F)F)cc2)c1. The summed E-state index contributed by atoms with van der Waals surface area (Å²) in [5, 5.41) is 5.43. The summed E-state index contributed by atoms with van der Waals surface area (Å²) in [5.41, 5.74) is 0.526. The lowest BCUT2D eigenvalue weighted by atomic mass is 10.1. The van der Waals surface area contributed by atoms with Gasteiger partial charge in [0.15, 0.2) is 0 Å². The summed E-state index contributed by atoms with van der Waals surface area (Å²) in [5.74, 6) is -0.653. The van der Waals surface area contributed by atoms with Gasteiger partial charge in [-0.1, -0.05) is 18.2 Å². The summed E-state index contributed by atoms with van der Waals surface area (Å²) in [7, 11) is 0. The van der Waals surface area contributed by atoms with Crippen molar-refractivity contribution in [3.05, 3.63) is 65.2 Å². The third-order valence-electron chi connectivity index (χ3n) is 4.01. The van der Waals surface area contributed by atoms with Crippen LogP contribution in [0.5, 0.6) is 0 Å². The highest BCUT2D eigenvalue weighted by Crippen LogP contribution is 2.29. The second-order valence-electron chi connectivity index (χ2n) is 6.31. The van der Waals surface area contributed by atoms with Crippen LogP contribution in [0.2, 0.25) is 0 Å². The molecule has 2 aromatic rings. The molecule has 2 N–H and O–H groups in total. The zero-order valence-electron chi connectivity index (χ0n) is 16.0. The number of rotatable bonds is 9. The molecular weight excluding hydrogens is 385 g/mol. The molecule has 0 fully saturated rings. The van der Waals surface area contributed by atoms with Gasteiger partial charge in [-0.05, 0) is 49.2 Å². The van der Waals surface area contributed by atoms with Crippen LogP contribution in [0.25, 0.3) is 0 Å². The van der Waals surface area contributed by atoms with E-state index in [-0.39, 0.29) is 18.2 Å². The van der Waals surface area contributed by atoms with Crippen LogP contribution in [-0.2, 0) is 22.1 Å². The van der Waals surface area contributed by atoms with Crippen LogP contribution in [0.1, 0.15) is 34.8 Å². The fraction of sp³-hybridized carbons (Fsp3) is 0.333. The van der Waals surface area contributed by atoms with E-state index in [1.165, 1.54) is 12.1 Å². The number of halogens is 3. The molecule has 0 radical (unpaired) electrons. The molecule has 0 aromatic heterocycles. The van der Waals surface area contributed by atoms with Gasteiger partial charge in [-0.2, -0.15) is 13.2 Å². The summed E-state index contributed by atoms with van der Waals surface area (Å²) < 4.78 is 43.0. The van der Waals surface area contributed by atoms with Crippen molar-refractivity contribution in [3.63, 3.8) is 0 Å². The molecule has 0 saturated heterocycles. The number of carbonyl (C=O) groups excluding carboxylic acids is 2.